The van der Waals surface area contributed by atoms with Gasteiger partial charge >= 0.3 is 6.09 Å². The Morgan fingerprint density at radius 3 is 2.25 bits per heavy atom. The van der Waals surface area contributed by atoms with Crippen molar-refractivity contribution in [3.63, 3.8) is 0 Å². The summed E-state index contributed by atoms with van der Waals surface area (Å²) in [6.45, 7) is 11.3. The lowest BCUT2D eigenvalue weighted by Crippen LogP contribution is -2.63. The molecular weight excluding hydrogens is 260 g/mol. The molecule has 0 aliphatic carbocycles. The molecule has 1 atom stereocenters. The normalized spacial score (nSPS) is 22.7. The van der Waals surface area contributed by atoms with Gasteiger partial charge in [0.05, 0.1) is 6.04 Å². The molecule has 2 N–H and O–H groups in total. The van der Waals surface area contributed by atoms with Gasteiger partial charge < -0.3 is 24.8 Å². The van der Waals surface area contributed by atoms with Gasteiger partial charge in [-0.2, -0.15) is 0 Å². The fourth-order valence-corrected chi connectivity index (χ4v) is 2.33. The molecule has 118 valence electrons. The number of nitrogens with zero attached hydrogens (tertiary/aromatic N) is 1. The van der Waals surface area contributed by atoms with Gasteiger partial charge in [-0.05, 0) is 34.6 Å². The van der Waals surface area contributed by atoms with Crippen LogP contribution in [0.2, 0.25) is 0 Å². The van der Waals surface area contributed by atoms with Crippen molar-refractivity contribution in [3.8, 4) is 0 Å². The lowest BCUT2D eigenvalue weighted by atomic mass is 9.98. The van der Waals surface area contributed by atoms with Crippen molar-refractivity contribution >= 4 is 6.09 Å². The Morgan fingerprint density at radius 2 is 1.85 bits per heavy atom. The van der Waals surface area contributed by atoms with Crippen LogP contribution in [0.4, 0.5) is 4.79 Å². The first-order chi connectivity index (χ1) is 9.24. The van der Waals surface area contributed by atoms with Crippen molar-refractivity contribution in [2.75, 3.05) is 26.3 Å². The highest BCUT2D eigenvalue weighted by Crippen LogP contribution is 2.28. The molecule has 0 bridgehead atoms. The van der Waals surface area contributed by atoms with E-state index in [0.717, 1.165) is 0 Å². The van der Waals surface area contributed by atoms with E-state index >= 15 is 0 Å². The van der Waals surface area contributed by atoms with Crippen LogP contribution in [0.15, 0.2) is 0 Å². The van der Waals surface area contributed by atoms with Crippen LogP contribution >= 0.6 is 0 Å². The average Bonchev–Trinajstić information content (AvgIpc) is 2.31. The lowest BCUT2D eigenvalue weighted by Gasteiger charge is -2.45. The van der Waals surface area contributed by atoms with Crippen molar-refractivity contribution in [2.24, 2.45) is 5.73 Å². The average molecular weight is 288 g/mol. The summed E-state index contributed by atoms with van der Waals surface area (Å²) < 4.78 is 16.8. The summed E-state index contributed by atoms with van der Waals surface area (Å²) in [6.07, 6.45) is 0.212. The molecule has 1 saturated heterocycles. The molecule has 20 heavy (non-hydrogen) atoms. The third-order valence-corrected chi connectivity index (χ3v) is 3.14. The molecule has 0 unspecified atom stereocenters. The first-order valence-electron chi connectivity index (χ1n) is 7.25. The Bertz CT molecular complexity index is 322. The van der Waals surface area contributed by atoms with E-state index in [4.69, 9.17) is 19.9 Å². The van der Waals surface area contributed by atoms with E-state index in [1.54, 1.807) is 4.90 Å². The molecule has 1 aliphatic heterocycles. The maximum atomic E-state index is 12.1. The zero-order valence-electron chi connectivity index (χ0n) is 13.3. The van der Waals surface area contributed by atoms with E-state index in [0.29, 0.717) is 32.7 Å². The largest absolute Gasteiger partial charge is 0.444 e. The summed E-state index contributed by atoms with van der Waals surface area (Å²) >= 11 is 0. The van der Waals surface area contributed by atoms with Crippen molar-refractivity contribution in [3.05, 3.63) is 0 Å². The smallest absolute Gasteiger partial charge is 0.410 e. The van der Waals surface area contributed by atoms with E-state index in [1.165, 1.54) is 0 Å². The van der Waals surface area contributed by atoms with E-state index in [1.807, 2.05) is 34.6 Å². The predicted molar refractivity (Wildman–Crippen MR) is 76.4 cm³/mol. The van der Waals surface area contributed by atoms with Crippen molar-refractivity contribution in [1.29, 1.82) is 0 Å². The van der Waals surface area contributed by atoms with Gasteiger partial charge in [-0.15, -0.1) is 0 Å². The van der Waals surface area contributed by atoms with Crippen molar-refractivity contribution in [2.45, 2.75) is 58.5 Å². The number of amides is 1. The van der Waals surface area contributed by atoms with Crippen LogP contribution in [-0.2, 0) is 14.2 Å². The summed E-state index contributed by atoms with van der Waals surface area (Å²) in [7, 11) is 0. The van der Waals surface area contributed by atoms with Gasteiger partial charge in [0.2, 0.25) is 0 Å². The zero-order valence-corrected chi connectivity index (χ0v) is 13.3. The Hall–Kier alpha value is -0.850. The van der Waals surface area contributed by atoms with Crippen LogP contribution in [0, 0.1) is 0 Å². The number of piperidine rings is 1. The van der Waals surface area contributed by atoms with Gasteiger partial charge in [-0.3, -0.25) is 0 Å². The fraction of sp³-hybridized carbons (Fsp3) is 0.929. The molecule has 0 aromatic carbocycles. The van der Waals surface area contributed by atoms with E-state index in [2.05, 4.69) is 0 Å². The SMILES string of the molecule is CCOC1(OCC)CCN(C(=O)OC(C)(C)C)C[C@H]1N. The van der Waals surface area contributed by atoms with Gasteiger partial charge in [0.25, 0.3) is 0 Å². The van der Waals surface area contributed by atoms with E-state index < -0.39 is 11.4 Å². The van der Waals surface area contributed by atoms with Crippen LogP contribution in [0.25, 0.3) is 0 Å². The molecule has 6 heteroatoms. The number of nitrogens with two attached hydrogens (primary N) is 1. The summed E-state index contributed by atoms with van der Waals surface area (Å²) in [5.41, 5.74) is 5.67. The second-order valence-electron chi connectivity index (χ2n) is 5.96. The molecule has 1 amide bonds. The number of carbonyl (C=O) groups is 1. The number of hydrogen-bond acceptors (Lipinski definition) is 5. The van der Waals surface area contributed by atoms with Crippen LogP contribution in [-0.4, -0.2) is 54.7 Å². The Kier molecular flexibility index (Phi) is 5.79. The van der Waals surface area contributed by atoms with Gasteiger partial charge in [-0.25, -0.2) is 4.79 Å². The summed E-state index contributed by atoms with van der Waals surface area (Å²) in [5, 5.41) is 0. The number of rotatable bonds is 4. The molecule has 0 saturated carbocycles. The molecular formula is C14H28N2O4. The number of hydrogen-bond donors (Lipinski definition) is 1. The second-order valence-corrected chi connectivity index (χ2v) is 5.96. The topological polar surface area (TPSA) is 74.0 Å². The summed E-state index contributed by atoms with van der Waals surface area (Å²) in [5.74, 6) is -0.790. The van der Waals surface area contributed by atoms with Crippen molar-refractivity contribution < 1.29 is 19.0 Å². The molecule has 1 fully saturated rings. The Labute approximate surface area is 121 Å². The maximum absolute atomic E-state index is 12.1. The molecule has 0 spiro atoms. The van der Waals surface area contributed by atoms with E-state index in [9.17, 15) is 4.79 Å². The molecule has 6 nitrogen and oxygen atoms in total. The highest BCUT2D eigenvalue weighted by molar-refractivity contribution is 5.68. The molecule has 0 aromatic rings. The van der Waals surface area contributed by atoms with E-state index in [-0.39, 0.29) is 12.1 Å². The quantitative estimate of drug-likeness (QED) is 0.797. The van der Waals surface area contributed by atoms with Gasteiger partial charge in [0.15, 0.2) is 5.79 Å². The standard InChI is InChI=1S/C14H28N2O4/c1-6-18-14(19-7-2)8-9-16(10-11(14)15)12(17)20-13(3,4)5/h11H,6-10,15H2,1-5H3/t11-/m1/s1. The van der Waals surface area contributed by atoms with Gasteiger partial charge in [-0.1, -0.05) is 0 Å². The minimum atomic E-state index is -0.790. The fourth-order valence-electron chi connectivity index (χ4n) is 2.33. The first kappa shape index (κ1) is 17.2. The monoisotopic (exact) mass is 288 g/mol. The van der Waals surface area contributed by atoms with Crippen LogP contribution in [0.3, 0.4) is 0 Å². The van der Waals surface area contributed by atoms with Crippen LogP contribution < -0.4 is 5.73 Å². The molecule has 0 aromatic heterocycles. The third-order valence-electron chi connectivity index (χ3n) is 3.14. The second kappa shape index (κ2) is 6.74. The summed E-state index contributed by atoms with van der Waals surface area (Å²) in [6, 6.07) is -0.385. The first-order valence-corrected chi connectivity index (χ1v) is 7.25. The maximum Gasteiger partial charge on any atom is 0.410 e. The highest BCUT2D eigenvalue weighted by atomic mass is 16.7. The molecule has 1 aliphatic rings. The van der Waals surface area contributed by atoms with Gasteiger partial charge in [0.1, 0.15) is 5.60 Å². The highest BCUT2D eigenvalue weighted by Gasteiger charge is 2.44. The van der Waals surface area contributed by atoms with Crippen molar-refractivity contribution in [1.82, 2.24) is 4.90 Å². The third kappa shape index (κ3) is 4.33. The van der Waals surface area contributed by atoms with Gasteiger partial charge in [0, 0.05) is 32.7 Å². The van der Waals surface area contributed by atoms with Crippen LogP contribution in [0.5, 0.6) is 0 Å². The number of likely N-dealkylation sites (tertiary alicyclic amines) is 1. The molecule has 1 heterocycles. The Balaban J connectivity index is 2.68. The Morgan fingerprint density at radius 1 is 1.30 bits per heavy atom. The minimum Gasteiger partial charge on any atom is -0.444 e. The predicted octanol–water partition coefficient (Wildman–Crippen LogP) is 1.72. The lowest BCUT2D eigenvalue weighted by molar-refractivity contribution is -0.260. The summed E-state index contributed by atoms with van der Waals surface area (Å²) in [4.78, 5) is 13.7. The number of carbonyl (C=O) groups excluding carboxylic acids is 1. The molecule has 0 radical (unpaired) electrons. The minimum absolute atomic E-state index is 0.338. The molecule has 1 rings (SSSR count). The van der Waals surface area contributed by atoms with Crippen LogP contribution in [0.1, 0.15) is 41.0 Å². The number of ether oxygens (including phenoxy) is 3. The zero-order chi connectivity index (χ0) is 15.4.